The molecular formula is C18H21N3OS. The molecule has 1 aliphatic heterocycles. The Balaban J connectivity index is 1.53. The van der Waals surface area contributed by atoms with Crippen LogP contribution in [0.15, 0.2) is 47.1 Å². The molecule has 23 heavy (non-hydrogen) atoms. The van der Waals surface area contributed by atoms with Gasteiger partial charge in [0.05, 0.1) is 17.0 Å². The van der Waals surface area contributed by atoms with Crippen LogP contribution in [0.1, 0.15) is 31.1 Å². The summed E-state index contributed by atoms with van der Waals surface area (Å²) in [4.78, 5) is 2.53. The van der Waals surface area contributed by atoms with E-state index in [0.717, 1.165) is 31.2 Å². The lowest BCUT2D eigenvalue weighted by molar-refractivity contribution is 0.153. The number of nitrogens with zero attached hydrogens (tertiary/aromatic N) is 2. The van der Waals surface area contributed by atoms with Crippen LogP contribution in [-0.2, 0) is 0 Å². The van der Waals surface area contributed by atoms with E-state index in [9.17, 15) is 0 Å². The molecule has 120 valence electrons. The van der Waals surface area contributed by atoms with Gasteiger partial charge in [0.15, 0.2) is 0 Å². The molecule has 5 heteroatoms. The number of nitrogens with one attached hydrogen (secondary N) is 1. The summed E-state index contributed by atoms with van der Waals surface area (Å²) in [6.07, 6.45) is 5.66. The molecule has 0 unspecified atom stereocenters. The number of hydrogen-bond acceptors (Lipinski definition) is 5. The highest BCUT2D eigenvalue weighted by molar-refractivity contribution is 7.13. The molecule has 1 saturated heterocycles. The minimum Gasteiger partial charge on any atom is -0.468 e. The number of hydrogen-bond donors (Lipinski definition) is 1. The van der Waals surface area contributed by atoms with Crippen molar-refractivity contribution in [2.24, 2.45) is 0 Å². The van der Waals surface area contributed by atoms with Gasteiger partial charge < -0.3 is 9.73 Å². The van der Waals surface area contributed by atoms with E-state index in [4.69, 9.17) is 4.42 Å². The predicted octanol–water partition coefficient (Wildman–Crippen LogP) is 4.53. The summed E-state index contributed by atoms with van der Waals surface area (Å²) in [5.41, 5.74) is 0. The highest BCUT2D eigenvalue weighted by Gasteiger charge is 2.24. The zero-order chi connectivity index (χ0) is 15.5. The Bertz CT molecular complexity index is 747. The van der Waals surface area contributed by atoms with E-state index in [1.807, 2.05) is 6.07 Å². The summed E-state index contributed by atoms with van der Waals surface area (Å²) in [6.45, 7) is 3.11. The van der Waals surface area contributed by atoms with Crippen molar-refractivity contribution >= 4 is 27.4 Å². The molecule has 0 aliphatic carbocycles. The van der Waals surface area contributed by atoms with E-state index >= 15 is 0 Å². The molecular weight excluding hydrogens is 306 g/mol. The molecule has 3 heterocycles. The molecule has 3 aromatic rings. The van der Waals surface area contributed by atoms with E-state index in [0.29, 0.717) is 0 Å². The maximum atomic E-state index is 5.71. The lowest BCUT2D eigenvalue weighted by atomic mass is 10.1. The predicted molar refractivity (Wildman–Crippen MR) is 95.0 cm³/mol. The highest BCUT2D eigenvalue weighted by Crippen LogP contribution is 2.29. The second-order valence-electron chi connectivity index (χ2n) is 6.04. The van der Waals surface area contributed by atoms with Gasteiger partial charge in [-0.1, -0.05) is 18.6 Å². The molecule has 1 fully saturated rings. The van der Waals surface area contributed by atoms with Crippen LogP contribution in [0.2, 0.25) is 0 Å². The van der Waals surface area contributed by atoms with Crippen LogP contribution in [0.25, 0.3) is 10.1 Å². The lowest BCUT2D eigenvalue weighted by Crippen LogP contribution is -2.37. The van der Waals surface area contributed by atoms with Crippen LogP contribution in [-0.4, -0.2) is 28.9 Å². The minimum absolute atomic E-state index is 0.269. The van der Waals surface area contributed by atoms with Gasteiger partial charge in [-0.15, -0.1) is 0 Å². The summed E-state index contributed by atoms with van der Waals surface area (Å²) < 4.78 is 11.5. The SMILES string of the molecule is c1coc([C@@H](CNc2nsc3ccccc23)N2CCCCC2)c1. The second-order valence-corrected chi connectivity index (χ2v) is 6.84. The third kappa shape index (κ3) is 3.12. The topological polar surface area (TPSA) is 41.3 Å². The summed E-state index contributed by atoms with van der Waals surface area (Å²) in [5, 5.41) is 4.75. The first-order valence-corrected chi connectivity index (χ1v) is 9.05. The van der Waals surface area contributed by atoms with Gasteiger partial charge >= 0.3 is 0 Å². The van der Waals surface area contributed by atoms with Gasteiger partial charge in [-0.2, -0.15) is 4.37 Å². The maximum Gasteiger partial charge on any atom is 0.147 e. The zero-order valence-corrected chi connectivity index (χ0v) is 13.9. The monoisotopic (exact) mass is 327 g/mol. The fourth-order valence-electron chi connectivity index (χ4n) is 3.33. The number of likely N-dealkylation sites (tertiary alicyclic amines) is 1. The van der Waals surface area contributed by atoms with Crippen molar-refractivity contribution in [2.75, 3.05) is 25.0 Å². The van der Waals surface area contributed by atoms with Crippen molar-refractivity contribution in [3.63, 3.8) is 0 Å². The molecule has 1 N–H and O–H groups in total. The van der Waals surface area contributed by atoms with E-state index in [-0.39, 0.29) is 6.04 Å². The molecule has 0 saturated carbocycles. The molecule has 2 aromatic heterocycles. The molecule has 0 amide bonds. The Kier molecular flexibility index (Phi) is 4.30. The number of piperidine rings is 1. The van der Waals surface area contributed by atoms with Gasteiger partial charge in [0, 0.05) is 11.9 Å². The molecule has 1 aliphatic rings. The Hall–Kier alpha value is -1.85. The average molecular weight is 327 g/mol. The van der Waals surface area contributed by atoms with E-state index < -0.39 is 0 Å². The molecule has 0 spiro atoms. The molecule has 4 nitrogen and oxygen atoms in total. The van der Waals surface area contributed by atoms with Crippen molar-refractivity contribution in [1.82, 2.24) is 9.27 Å². The van der Waals surface area contributed by atoms with E-state index in [1.54, 1.807) is 17.8 Å². The third-order valence-corrected chi connectivity index (χ3v) is 5.37. The first kappa shape index (κ1) is 14.7. The van der Waals surface area contributed by atoms with Crippen molar-refractivity contribution in [1.29, 1.82) is 0 Å². The first-order valence-electron chi connectivity index (χ1n) is 8.27. The van der Waals surface area contributed by atoms with Gasteiger partial charge in [-0.3, -0.25) is 4.90 Å². The van der Waals surface area contributed by atoms with Crippen molar-refractivity contribution in [3.05, 3.63) is 48.4 Å². The summed E-state index contributed by atoms with van der Waals surface area (Å²) in [5.74, 6) is 2.03. The van der Waals surface area contributed by atoms with Gasteiger partial charge in [-0.05, 0) is 61.7 Å². The van der Waals surface area contributed by atoms with Crippen LogP contribution in [0, 0.1) is 0 Å². The van der Waals surface area contributed by atoms with Crippen LogP contribution in [0.3, 0.4) is 0 Å². The van der Waals surface area contributed by atoms with Crippen molar-refractivity contribution in [2.45, 2.75) is 25.3 Å². The van der Waals surface area contributed by atoms with Crippen molar-refractivity contribution in [3.8, 4) is 0 Å². The van der Waals surface area contributed by atoms with Gasteiger partial charge in [0.1, 0.15) is 11.6 Å². The lowest BCUT2D eigenvalue weighted by Gasteiger charge is -2.33. The van der Waals surface area contributed by atoms with Gasteiger partial charge in [0.2, 0.25) is 0 Å². The van der Waals surface area contributed by atoms with E-state index in [2.05, 4.69) is 44.9 Å². The summed E-state index contributed by atoms with van der Waals surface area (Å²) >= 11 is 1.55. The Morgan fingerprint density at radius 1 is 1.13 bits per heavy atom. The fraction of sp³-hybridized carbons (Fsp3) is 0.389. The summed E-state index contributed by atoms with van der Waals surface area (Å²) in [6, 6.07) is 12.7. The smallest absolute Gasteiger partial charge is 0.147 e. The van der Waals surface area contributed by atoms with E-state index in [1.165, 1.54) is 29.3 Å². The molecule has 0 radical (unpaired) electrons. The number of aromatic nitrogens is 1. The number of fused-ring (bicyclic) bond motifs is 1. The van der Waals surface area contributed by atoms with Crippen molar-refractivity contribution < 1.29 is 4.42 Å². The highest BCUT2D eigenvalue weighted by atomic mass is 32.1. The largest absolute Gasteiger partial charge is 0.468 e. The molecule has 4 rings (SSSR count). The number of furan rings is 1. The first-order chi connectivity index (χ1) is 11.4. The van der Waals surface area contributed by atoms with Gasteiger partial charge in [-0.25, -0.2) is 0 Å². The Morgan fingerprint density at radius 3 is 2.83 bits per heavy atom. The quantitative estimate of drug-likeness (QED) is 0.747. The summed E-state index contributed by atoms with van der Waals surface area (Å²) in [7, 11) is 0. The standard InChI is InChI=1S/C18H21N3OS/c1-4-10-21(11-5-1)15(16-8-6-12-22-16)13-19-18-14-7-2-3-9-17(14)23-20-18/h2-3,6-9,12,15H,1,4-5,10-11,13H2,(H,19,20)/t15-/m1/s1. The molecule has 1 aromatic carbocycles. The second kappa shape index (κ2) is 6.72. The van der Waals surface area contributed by atoms with Gasteiger partial charge in [0.25, 0.3) is 0 Å². The van der Waals surface area contributed by atoms with Crippen LogP contribution < -0.4 is 5.32 Å². The number of anilines is 1. The number of rotatable bonds is 5. The fourth-order valence-corrected chi connectivity index (χ4v) is 4.08. The maximum absolute atomic E-state index is 5.71. The normalized spacial score (nSPS) is 17.4. The zero-order valence-electron chi connectivity index (χ0n) is 13.1. The van der Waals surface area contributed by atoms with Crippen LogP contribution in [0.4, 0.5) is 5.82 Å². The van der Waals surface area contributed by atoms with Crippen LogP contribution >= 0.6 is 11.5 Å². The Labute approximate surface area is 140 Å². The van der Waals surface area contributed by atoms with Crippen LogP contribution in [0.5, 0.6) is 0 Å². The minimum atomic E-state index is 0.269. The average Bonchev–Trinajstić information content (AvgIpc) is 3.26. The molecule has 1 atom stereocenters. The number of benzene rings is 1. The molecule has 0 bridgehead atoms. The third-order valence-electron chi connectivity index (χ3n) is 4.54. The Morgan fingerprint density at radius 2 is 2.00 bits per heavy atom.